The minimum absolute atomic E-state index is 0.0127. The number of hydrogen-bond acceptors (Lipinski definition) is 4. The van der Waals surface area contributed by atoms with E-state index >= 15 is 0 Å². The lowest BCUT2D eigenvalue weighted by Gasteiger charge is -2.21. The maximum absolute atomic E-state index is 13.0. The highest BCUT2D eigenvalue weighted by molar-refractivity contribution is 7.87. The van der Waals surface area contributed by atoms with Gasteiger partial charge in [-0.3, -0.25) is 13.2 Å². The van der Waals surface area contributed by atoms with Gasteiger partial charge in [-0.05, 0) is 83.5 Å². The molecule has 6 unspecified atom stereocenters. The van der Waals surface area contributed by atoms with Crippen LogP contribution in [0.3, 0.4) is 0 Å². The molecular weight excluding hydrogens is 456 g/mol. The van der Waals surface area contributed by atoms with E-state index in [0.717, 1.165) is 83.5 Å². The Kier molecular flexibility index (Phi) is 11.5. The molecule has 2 rings (SSSR count). The summed E-state index contributed by atoms with van der Waals surface area (Å²) >= 11 is 0. The van der Waals surface area contributed by atoms with E-state index in [1.165, 1.54) is 0 Å². The highest BCUT2D eigenvalue weighted by atomic mass is 32.2. The molecule has 0 saturated carbocycles. The Labute approximate surface area is 206 Å². The summed E-state index contributed by atoms with van der Waals surface area (Å²) in [4.78, 5) is 11.2. The fraction of sp³-hybridized carbons (Fsp3) is 0.962. The van der Waals surface area contributed by atoms with E-state index in [2.05, 4.69) is 13.8 Å². The second kappa shape index (κ2) is 13.2. The number of aliphatic carboxylic acids is 1. The van der Waals surface area contributed by atoms with Crippen LogP contribution < -0.4 is 0 Å². The molecule has 0 radical (unpaired) electrons. The second-order valence-electron chi connectivity index (χ2n) is 11.9. The molecule has 0 bridgehead atoms. The highest BCUT2D eigenvalue weighted by Crippen LogP contribution is 2.35. The maximum atomic E-state index is 13.0. The molecule has 194 valence electrons. The van der Waals surface area contributed by atoms with E-state index in [4.69, 9.17) is 0 Å². The van der Waals surface area contributed by atoms with Crippen molar-refractivity contribution in [3.8, 4) is 0 Å². The standard InChI is InChI=1S/C26H48O5S2/c1-25(2,19-27)17-7-5-9-20-11-13-22(32(20)30)15-16-23-14-12-21(33(23)31)10-6-8-18-26(3,4)24(28)29/h20-23,27H,5-19H2,1-4H3,(H,28,29). The van der Waals surface area contributed by atoms with Crippen LogP contribution in [0, 0.1) is 10.8 Å². The monoisotopic (exact) mass is 504 g/mol. The molecule has 0 aromatic carbocycles. The van der Waals surface area contributed by atoms with Crippen LogP contribution in [0.2, 0.25) is 0 Å². The van der Waals surface area contributed by atoms with Crippen molar-refractivity contribution < 1.29 is 23.4 Å². The first kappa shape index (κ1) is 29.0. The van der Waals surface area contributed by atoms with Gasteiger partial charge in [0.2, 0.25) is 0 Å². The summed E-state index contributed by atoms with van der Waals surface area (Å²) in [6.45, 7) is 7.95. The Morgan fingerprint density at radius 3 is 1.52 bits per heavy atom. The molecule has 5 nitrogen and oxygen atoms in total. The van der Waals surface area contributed by atoms with Crippen molar-refractivity contribution in [1.29, 1.82) is 0 Å². The summed E-state index contributed by atoms with van der Waals surface area (Å²) in [5.41, 5.74) is -0.691. The quantitative estimate of drug-likeness (QED) is 0.284. The van der Waals surface area contributed by atoms with E-state index in [1.54, 1.807) is 13.8 Å². The number of rotatable bonds is 15. The fourth-order valence-corrected chi connectivity index (χ4v) is 9.36. The molecule has 0 spiro atoms. The molecule has 2 fully saturated rings. The van der Waals surface area contributed by atoms with Crippen molar-refractivity contribution in [2.45, 2.75) is 139 Å². The Balaban J connectivity index is 1.64. The fourth-order valence-electron chi connectivity index (χ4n) is 5.27. The Hall–Kier alpha value is -0.270. The predicted molar refractivity (Wildman–Crippen MR) is 138 cm³/mol. The van der Waals surface area contributed by atoms with E-state index in [0.29, 0.717) is 11.7 Å². The first-order valence-corrected chi connectivity index (χ1v) is 15.6. The zero-order valence-electron chi connectivity index (χ0n) is 21.4. The van der Waals surface area contributed by atoms with Gasteiger partial charge in [-0.2, -0.15) is 0 Å². The minimum atomic E-state index is -0.803. The van der Waals surface area contributed by atoms with Crippen molar-refractivity contribution in [2.75, 3.05) is 6.61 Å². The summed E-state index contributed by atoms with van der Waals surface area (Å²) in [6.07, 6.45) is 13.6. The number of unbranched alkanes of at least 4 members (excludes halogenated alkanes) is 2. The van der Waals surface area contributed by atoms with Gasteiger partial charge in [0, 0.05) is 49.2 Å². The molecule has 0 amide bonds. The molecule has 0 aliphatic carbocycles. The van der Waals surface area contributed by atoms with Gasteiger partial charge in [-0.15, -0.1) is 0 Å². The van der Waals surface area contributed by atoms with Crippen LogP contribution in [-0.2, 0) is 26.4 Å². The zero-order chi connectivity index (χ0) is 24.6. The molecule has 2 aliphatic rings. The average molecular weight is 505 g/mol. The molecule has 2 aliphatic heterocycles. The van der Waals surface area contributed by atoms with Crippen molar-refractivity contribution >= 4 is 27.6 Å². The molecule has 7 heteroatoms. The van der Waals surface area contributed by atoms with Crippen LogP contribution in [0.15, 0.2) is 0 Å². The van der Waals surface area contributed by atoms with E-state index in [-0.39, 0.29) is 27.8 Å². The van der Waals surface area contributed by atoms with Crippen LogP contribution in [0.4, 0.5) is 0 Å². The van der Waals surface area contributed by atoms with Gasteiger partial charge in [0.1, 0.15) is 0 Å². The van der Waals surface area contributed by atoms with Crippen LogP contribution in [0.25, 0.3) is 0 Å². The SMILES string of the molecule is CC(C)(CO)CCCCC1CCC(CCC2CCC(CCCCC(C)(C)C(=O)O)S2=O)S1=O. The third-order valence-electron chi connectivity index (χ3n) is 7.96. The van der Waals surface area contributed by atoms with E-state index < -0.39 is 33.0 Å². The summed E-state index contributed by atoms with van der Waals surface area (Å²) in [5.74, 6) is -0.746. The number of hydrogen-bond donors (Lipinski definition) is 2. The number of aliphatic hydroxyl groups excluding tert-OH is 1. The van der Waals surface area contributed by atoms with Crippen molar-refractivity contribution in [3.63, 3.8) is 0 Å². The molecular formula is C26H48O5S2. The normalized spacial score (nSPS) is 30.7. The van der Waals surface area contributed by atoms with Gasteiger partial charge < -0.3 is 10.2 Å². The number of carbonyl (C=O) groups is 1. The average Bonchev–Trinajstić information content (AvgIpc) is 3.29. The first-order chi connectivity index (χ1) is 15.5. The number of carboxylic acid groups (broad SMARTS) is 1. The minimum Gasteiger partial charge on any atom is -0.481 e. The maximum Gasteiger partial charge on any atom is 0.309 e. The van der Waals surface area contributed by atoms with E-state index in [9.17, 15) is 23.4 Å². The van der Waals surface area contributed by atoms with Crippen LogP contribution in [0.1, 0.15) is 118 Å². The summed E-state index contributed by atoms with van der Waals surface area (Å²) in [6, 6.07) is 0. The van der Waals surface area contributed by atoms with Gasteiger partial charge in [-0.25, -0.2) is 0 Å². The van der Waals surface area contributed by atoms with Crippen molar-refractivity contribution in [3.05, 3.63) is 0 Å². The largest absolute Gasteiger partial charge is 0.481 e. The van der Waals surface area contributed by atoms with Crippen molar-refractivity contribution in [2.24, 2.45) is 10.8 Å². The lowest BCUT2D eigenvalue weighted by atomic mass is 9.87. The van der Waals surface area contributed by atoms with Gasteiger partial charge in [0.15, 0.2) is 0 Å². The molecule has 0 aromatic heterocycles. The van der Waals surface area contributed by atoms with Crippen LogP contribution >= 0.6 is 0 Å². The zero-order valence-corrected chi connectivity index (χ0v) is 23.0. The predicted octanol–water partition coefficient (Wildman–Crippen LogP) is 5.58. The Bertz CT molecular complexity index is 676. The van der Waals surface area contributed by atoms with Gasteiger partial charge in [0.25, 0.3) is 0 Å². The topological polar surface area (TPSA) is 91.7 Å². The number of carboxylic acids is 1. The lowest BCUT2D eigenvalue weighted by molar-refractivity contribution is -0.147. The molecule has 2 N–H and O–H groups in total. The smallest absolute Gasteiger partial charge is 0.309 e. The Morgan fingerprint density at radius 2 is 1.12 bits per heavy atom. The van der Waals surface area contributed by atoms with E-state index in [1.807, 2.05) is 0 Å². The van der Waals surface area contributed by atoms with Crippen LogP contribution in [0.5, 0.6) is 0 Å². The molecule has 2 saturated heterocycles. The third-order valence-corrected chi connectivity index (χ3v) is 12.5. The molecule has 6 atom stereocenters. The summed E-state index contributed by atoms with van der Waals surface area (Å²) in [7, 11) is -1.56. The van der Waals surface area contributed by atoms with Gasteiger partial charge in [0.05, 0.1) is 5.41 Å². The molecule has 2 heterocycles. The van der Waals surface area contributed by atoms with Crippen molar-refractivity contribution in [1.82, 2.24) is 0 Å². The number of aliphatic hydroxyl groups is 1. The second-order valence-corrected chi connectivity index (χ2v) is 15.9. The lowest BCUT2D eigenvalue weighted by Crippen LogP contribution is -2.23. The molecule has 33 heavy (non-hydrogen) atoms. The first-order valence-electron chi connectivity index (χ1n) is 13.1. The molecule has 0 aromatic rings. The van der Waals surface area contributed by atoms with Gasteiger partial charge >= 0.3 is 5.97 Å². The third kappa shape index (κ3) is 9.03. The van der Waals surface area contributed by atoms with Crippen LogP contribution in [-0.4, -0.2) is 52.2 Å². The van der Waals surface area contributed by atoms with Gasteiger partial charge in [-0.1, -0.05) is 39.5 Å². The Morgan fingerprint density at radius 1 is 0.727 bits per heavy atom. The summed E-state index contributed by atoms with van der Waals surface area (Å²) in [5, 5.41) is 19.7. The summed E-state index contributed by atoms with van der Waals surface area (Å²) < 4.78 is 25.9. The highest BCUT2D eigenvalue weighted by Gasteiger charge is 2.36.